The van der Waals surface area contributed by atoms with Gasteiger partial charge in [0.1, 0.15) is 11.4 Å². The Kier molecular flexibility index (Phi) is 5.24. The van der Waals surface area contributed by atoms with E-state index in [0.717, 1.165) is 62.0 Å². The first kappa shape index (κ1) is 18.2. The maximum absolute atomic E-state index is 12.8. The summed E-state index contributed by atoms with van der Waals surface area (Å²) in [6, 6.07) is 0. The predicted molar refractivity (Wildman–Crippen MR) is 104 cm³/mol. The minimum Gasteiger partial charge on any atom is -0.354 e. The highest BCUT2D eigenvalue weighted by molar-refractivity contribution is 7.18. The minimum absolute atomic E-state index is 0.0652. The van der Waals surface area contributed by atoms with E-state index in [9.17, 15) is 14.4 Å². The lowest BCUT2D eigenvalue weighted by molar-refractivity contribution is -0.130. The van der Waals surface area contributed by atoms with E-state index in [0.29, 0.717) is 18.4 Å². The number of amides is 2. The van der Waals surface area contributed by atoms with Gasteiger partial charge in [0.2, 0.25) is 11.8 Å². The first-order valence-electron chi connectivity index (χ1n) is 9.67. The van der Waals surface area contributed by atoms with Crippen molar-refractivity contribution in [3.8, 4) is 0 Å². The molecule has 27 heavy (non-hydrogen) atoms. The second-order valence-corrected chi connectivity index (χ2v) is 8.34. The fourth-order valence-corrected chi connectivity index (χ4v) is 5.16. The fourth-order valence-electron chi connectivity index (χ4n) is 3.94. The van der Waals surface area contributed by atoms with Crippen molar-refractivity contribution in [2.75, 3.05) is 19.6 Å². The quantitative estimate of drug-likeness (QED) is 0.841. The van der Waals surface area contributed by atoms with E-state index in [1.165, 1.54) is 15.8 Å². The maximum Gasteiger partial charge on any atom is 0.262 e. The molecule has 1 aliphatic heterocycles. The topological polar surface area (TPSA) is 84.3 Å². The van der Waals surface area contributed by atoms with Crippen molar-refractivity contribution in [3.63, 3.8) is 0 Å². The second kappa shape index (κ2) is 7.80. The highest BCUT2D eigenvalue weighted by Gasteiger charge is 2.21. The van der Waals surface area contributed by atoms with Crippen molar-refractivity contribution in [2.24, 2.45) is 0 Å². The van der Waals surface area contributed by atoms with E-state index in [1.54, 1.807) is 11.3 Å². The zero-order chi connectivity index (χ0) is 18.8. The number of hydrogen-bond acceptors (Lipinski definition) is 5. The van der Waals surface area contributed by atoms with Crippen LogP contribution in [0.25, 0.3) is 10.2 Å². The van der Waals surface area contributed by atoms with Crippen molar-refractivity contribution in [2.45, 2.75) is 51.5 Å². The summed E-state index contributed by atoms with van der Waals surface area (Å²) in [7, 11) is 0. The highest BCUT2D eigenvalue weighted by Crippen LogP contribution is 2.33. The number of nitrogens with zero attached hydrogens (tertiary/aromatic N) is 3. The zero-order valence-corrected chi connectivity index (χ0v) is 16.1. The molecule has 1 saturated heterocycles. The average molecular weight is 388 g/mol. The number of thiophene rings is 1. The Labute approximate surface area is 161 Å². The Bertz CT molecular complexity index is 927. The Morgan fingerprint density at radius 2 is 1.93 bits per heavy atom. The summed E-state index contributed by atoms with van der Waals surface area (Å²) in [5, 5.41) is 3.43. The standard InChI is InChI=1S/C19H24N4O3S/c24-15(20-8-7-16(25)22-9-3-4-10-22)11-23-12-21-18-17(19(23)26)13-5-1-2-6-14(13)27-18/h12H,1-11H2,(H,20,24). The number of aromatic nitrogens is 2. The monoisotopic (exact) mass is 388 g/mol. The Morgan fingerprint density at radius 3 is 2.74 bits per heavy atom. The molecule has 0 aromatic carbocycles. The smallest absolute Gasteiger partial charge is 0.262 e. The lowest BCUT2D eigenvalue weighted by atomic mass is 9.97. The molecular formula is C19H24N4O3S. The van der Waals surface area contributed by atoms with E-state index >= 15 is 0 Å². The minimum atomic E-state index is -0.267. The molecule has 2 aliphatic rings. The fraction of sp³-hybridized carbons (Fsp3) is 0.579. The molecule has 8 heteroatoms. The second-order valence-electron chi connectivity index (χ2n) is 7.26. The molecule has 2 amide bonds. The van der Waals surface area contributed by atoms with E-state index in [2.05, 4.69) is 10.3 Å². The van der Waals surface area contributed by atoms with Crippen molar-refractivity contribution in [1.82, 2.24) is 19.8 Å². The number of carbonyl (C=O) groups excluding carboxylic acids is 2. The third kappa shape index (κ3) is 3.76. The molecule has 2 aromatic rings. The van der Waals surface area contributed by atoms with Crippen LogP contribution in [-0.4, -0.2) is 45.9 Å². The van der Waals surface area contributed by atoms with Gasteiger partial charge in [-0.3, -0.25) is 19.0 Å². The number of rotatable bonds is 5. The summed E-state index contributed by atoms with van der Waals surface area (Å²) in [5.41, 5.74) is 0.993. The lowest BCUT2D eigenvalue weighted by Gasteiger charge is -2.15. The highest BCUT2D eigenvalue weighted by atomic mass is 32.1. The van der Waals surface area contributed by atoms with E-state index in [4.69, 9.17) is 0 Å². The largest absolute Gasteiger partial charge is 0.354 e. The molecule has 0 spiro atoms. The van der Waals surface area contributed by atoms with Crippen LogP contribution in [-0.2, 0) is 29.0 Å². The van der Waals surface area contributed by atoms with Gasteiger partial charge in [0, 0.05) is 30.9 Å². The van der Waals surface area contributed by atoms with Gasteiger partial charge in [-0.15, -0.1) is 11.3 Å². The molecule has 3 heterocycles. The van der Waals surface area contributed by atoms with Gasteiger partial charge in [0.05, 0.1) is 11.7 Å². The summed E-state index contributed by atoms with van der Waals surface area (Å²) in [6.07, 6.45) is 8.07. The van der Waals surface area contributed by atoms with Gasteiger partial charge in [0.15, 0.2) is 0 Å². The zero-order valence-electron chi connectivity index (χ0n) is 15.3. The van der Waals surface area contributed by atoms with E-state index in [-0.39, 0.29) is 23.9 Å². The van der Waals surface area contributed by atoms with Crippen LogP contribution in [0.3, 0.4) is 0 Å². The summed E-state index contributed by atoms with van der Waals surface area (Å²) in [4.78, 5) is 45.3. The van der Waals surface area contributed by atoms with Gasteiger partial charge in [-0.25, -0.2) is 4.98 Å². The predicted octanol–water partition coefficient (Wildman–Crippen LogP) is 1.47. The van der Waals surface area contributed by atoms with Gasteiger partial charge < -0.3 is 10.2 Å². The van der Waals surface area contributed by atoms with Crippen LogP contribution in [0.4, 0.5) is 0 Å². The average Bonchev–Trinajstić information content (AvgIpc) is 3.31. The summed E-state index contributed by atoms with van der Waals surface area (Å²) in [6.45, 7) is 1.87. The first-order chi connectivity index (χ1) is 13.1. The lowest BCUT2D eigenvalue weighted by Crippen LogP contribution is -2.35. The molecule has 0 atom stereocenters. The molecule has 7 nitrogen and oxygen atoms in total. The van der Waals surface area contributed by atoms with Crippen molar-refractivity contribution in [1.29, 1.82) is 0 Å². The third-order valence-corrected chi connectivity index (χ3v) is 6.58. The number of fused-ring (bicyclic) bond motifs is 3. The summed E-state index contributed by atoms with van der Waals surface area (Å²) >= 11 is 1.60. The molecule has 144 valence electrons. The molecule has 1 N–H and O–H groups in total. The molecule has 0 radical (unpaired) electrons. The van der Waals surface area contributed by atoms with Crippen molar-refractivity contribution < 1.29 is 9.59 Å². The molecule has 2 aromatic heterocycles. The Balaban J connectivity index is 1.39. The maximum atomic E-state index is 12.8. The van der Waals surface area contributed by atoms with Crippen molar-refractivity contribution >= 4 is 33.4 Å². The number of nitrogens with one attached hydrogen (secondary N) is 1. The summed E-state index contributed by atoms with van der Waals surface area (Å²) < 4.78 is 1.38. The SMILES string of the molecule is O=C(Cn1cnc2sc3c(c2c1=O)CCCC3)NCCC(=O)N1CCCC1. The number of carbonyl (C=O) groups is 2. The number of hydrogen-bond donors (Lipinski definition) is 1. The van der Waals surface area contributed by atoms with Crippen LogP contribution in [0.15, 0.2) is 11.1 Å². The van der Waals surface area contributed by atoms with Crippen LogP contribution >= 0.6 is 11.3 Å². The van der Waals surface area contributed by atoms with Gasteiger partial charge in [-0.2, -0.15) is 0 Å². The first-order valence-corrected chi connectivity index (χ1v) is 10.5. The molecule has 1 aliphatic carbocycles. The van der Waals surface area contributed by atoms with Gasteiger partial charge in [-0.1, -0.05) is 0 Å². The molecule has 0 saturated carbocycles. The molecule has 0 unspecified atom stereocenters. The van der Waals surface area contributed by atoms with Gasteiger partial charge in [0.25, 0.3) is 5.56 Å². The third-order valence-electron chi connectivity index (χ3n) is 5.38. The van der Waals surface area contributed by atoms with Gasteiger partial charge >= 0.3 is 0 Å². The van der Waals surface area contributed by atoms with Crippen LogP contribution in [0, 0.1) is 0 Å². The molecular weight excluding hydrogens is 364 g/mol. The van der Waals surface area contributed by atoms with Crippen LogP contribution in [0.5, 0.6) is 0 Å². The van der Waals surface area contributed by atoms with Crippen LogP contribution in [0.2, 0.25) is 0 Å². The molecule has 4 rings (SSSR count). The molecule has 0 bridgehead atoms. The Hall–Kier alpha value is -2.22. The van der Waals surface area contributed by atoms with Crippen molar-refractivity contribution in [3.05, 3.63) is 27.1 Å². The Morgan fingerprint density at radius 1 is 1.15 bits per heavy atom. The normalized spacial score (nSPS) is 16.5. The summed E-state index contributed by atoms with van der Waals surface area (Å²) in [5.74, 6) is -0.186. The van der Waals surface area contributed by atoms with Crippen LogP contribution in [0.1, 0.15) is 42.5 Å². The molecule has 1 fully saturated rings. The van der Waals surface area contributed by atoms with Crippen LogP contribution < -0.4 is 10.9 Å². The number of likely N-dealkylation sites (tertiary alicyclic amines) is 1. The van der Waals surface area contributed by atoms with E-state index < -0.39 is 0 Å². The number of aryl methyl sites for hydroxylation is 2. The van der Waals surface area contributed by atoms with E-state index in [1.807, 2.05) is 4.90 Å². The van der Waals surface area contributed by atoms with Gasteiger partial charge in [-0.05, 0) is 44.1 Å².